The molecule has 0 saturated heterocycles. The van der Waals surface area contributed by atoms with E-state index in [0.717, 1.165) is 11.3 Å². The molecule has 3 rings (SSSR count). The van der Waals surface area contributed by atoms with Gasteiger partial charge in [0.2, 0.25) is 5.91 Å². The molecule has 3 aromatic rings. The normalized spacial score (nSPS) is 11.7. The van der Waals surface area contributed by atoms with Crippen LogP contribution in [0.1, 0.15) is 6.92 Å². The predicted molar refractivity (Wildman–Crippen MR) is 152 cm³/mol. The van der Waals surface area contributed by atoms with Gasteiger partial charge in [-0.15, -0.1) is 17.8 Å². The van der Waals surface area contributed by atoms with Crippen molar-refractivity contribution in [3.8, 4) is 18.4 Å². The molecular formula is C28H27FN6O3S. The van der Waals surface area contributed by atoms with Crippen molar-refractivity contribution in [1.29, 1.82) is 5.26 Å². The molecule has 0 saturated carbocycles. The summed E-state index contributed by atoms with van der Waals surface area (Å²) < 4.78 is 15.9. The molecule has 200 valence electrons. The molecular weight excluding hydrogens is 519 g/mol. The van der Waals surface area contributed by atoms with Gasteiger partial charge in [0.05, 0.1) is 18.8 Å². The van der Waals surface area contributed by atoms with Gasteiger partial charge in [0.15, 0.2) is 5.57 Å². The fourth-order valence-electron chi connectivity index (χ4n) is 3.66. The molecule has 2 N–H and O–H groups in total. The largest absolute Gasteiger partial charge is 0.363 e. The van der Waals surface area contributed by atoms with Crippen LogP contribution in [0.25, 0.3) is 11.8 Å². The number of terminal acetylenes is 1. The number of rotatable bonds is 9. The van der Waals surface area contributed by atoms with Crippen LogP contribution in [0.5, 0.6) is 0 Å². The summed E-state index contributed by atoms with van der Waals surface area (Å²) in [6.45, 7) is 1.92. The highest BCUT2D eigenvalue weighted by molar-refractivity contribution is 7.07. The minimum atomic E-state index is -0.653. The number of para-hydroxylation sites is 1. The Morgan fingerprint density at radius 1 is 1.21 bits per heavy atom. The highest BCUT2D eigenvalue weighted by atomic mass is 32.1. The van der Waals surface area contributed by atoms with E-state index in [-0.39, 0.29) is 45.9 Å². The first-order valence-corrected chi connectivity index (χ1v) is 12.7. The fraction of sp³-hybridized carbons (Fsp3) is 0.214. The molecule has 0 aliphatic rings. The van der Waals surface area contributed by atoms with Crippen molar-refractivity contribution in [3.05, 3.63) is 73.9 Å². The van der Waals surface area contributed by atoms with E-state index in [1.807, 2.05) is 6.07 Å². The Morgan fingerprint density at radius 2 is 1.95 bits per heavy atom. The van der Waals surface area contributed by atoms with Crippen molar-refractivity contribution in [2.45, 2.75) is 13.5 Å². The molecule has 2 aromatic carbocycles. The number of amides is 2. The molecule has 0 fully saturated rings. The molecule has 0 spiro atoms. The van der Waals surface area contributed by atoms with Gasteiger partial charge < -0.3 is 20.4 Å². The summed E-state index contributed by atoms with van der Waals surface area (Å²) in [4.78, 5) is 41.2. The summed E-state index contributed by atoms with van der Waals surface area (Å²) in [5.41, 5.74) is 0.952. The summed E-state index contributed by atoms with van der Waals surface area (Å²) in [7, 11) is 3.26. The molecule has 2 amide bonds. The lowest BCUT2D eigenvalue weighted by Crippen LogP contribution is -2.37. The van der Waals surface area contributed by atoms with Crippen LogP contribution < -0.4 is 35.2 Å². The number of hydrogen-bond acceptors (Lipinski definition) is 7. The Balaban J connectivity index is 1.85. The lowest BCUT2D eigenvalue weighted by molar-refractivity contribution is -0.117. The third-order valence-corrected chi connectivity index (χ3v) is 6.87. The second-order valence-corrected chi connectivity index (χ2v) is 9.32. The highest BCUT2D eigenvalue weighted by Crippen LogP contribution is 2.20. The number of carbonyl (C=O) groups is 2. The molecule has 0 bridgehead atoms. The molecule has 0 unspecified atom stereocenters. The number of halogens is 1. The molecule has 39 heavy (non-hydrogen) atoms. The van der Waals surface area contributed by atoms with Crippen LogP contribution in [-0.4, -0.2) is 43.6 Å². The average Bonchev–Trinajstić information content (AvgIpc) is 3.25. The second kappa shape index (κ2) is 13.1. The number of aromatic nitrogens is 1. The monoisotopic (exact) mass is 546 g/mol. The number of anilines is 3. The van der Waals surface area contributed by atoms with Crippen molar-refractivity contribution in [2.75, 3.05) is 42.3 Å². The molecule has 11 heteroatoms. The number of nitrogens with one attached hydrogen (secondary N) is 2. The first-order chi connectivity index (χ1) is 18.7. The van der Waals surface area contributed by atoms with Gasteiger partial charge in [0, 0.05) is 38.2 Å². The van der Waals surface area contributed by atoms with Gasteiger partial charge in [-0.2, -0.15) is 5.26 Å². The van der Waals surface area contributed by atoms with Crippen molar-refractivity contribution in [3.63, 3.8) is 0 Å². The number of thiazole rings is 1. The number of hydrogen-bond donors (Lipinski definition) is 2. The van der Waals surface area contributed by atoms with E-state index in [2.05, 4.69) is 16.6 Å². The fourth-order valence-corrected chi connectivity index (χ4v) is 4.75. The zero-order valence-corrected chi connectivity index (χ0v) is 22.5. The zero-order chi connectivity index (χ0) is 28.5. The second-order valence-electron chi connectivity index (χ2n) is 8.29. The maximum absolute atomic E-state index is 14.1. The van der Waals surface area contributed by atoms with Gasteiger partial charge in [-0.3, -0.25) is 19.0 Å². The zero-order valence-electron chi connectivity index (χ0n) is 21.7. The van der Waals surface area contributed by atoms with Crippen LogP contribution in [0.3, 0.4) is 0 Å². The summed E-state index contributed by atoms with van der Waals surface area (Å²) in [6, 6.07) is 15.1. The van der Waals surface area contributed by atoms with Crippen molar-refractivity contribution in [2.24, 2.45) is 0 Å². The molecule has 0 atom stereocenters. The van der Waals surface area contributed by atoms with E-state index < -0.39 is 11.7 Å². The van der Waals surface area contributed by atoms with Crippen molar-refractivity contribution in [1.82, 2.24) is 9.88 Å². The molecule has 1 aromatic heterocycles. The Morgan fingerprint density at radius 3 is 2.62 bits per heavy atom. The van der Waals surface area contributed by atoms with E-state index in [9.17, 15) is 24.0 Å². The smallest absolute Gasteiger partial charge is 0.270 e. The Labute approximate surface area is 229 Å². The summed E-state index contributed by atoms with van der Waals surface area (Å²) in [6.07, 6.45) is 6.66. The minimum absolute atomic E-state index is 0.0393. The molecule has 9 nitrogen and oxygen atoms in total. The third kappa shape index (κ3) is 6.72. The minimum Gasteiger partial charge on any atom is -0.363 e. The Hall–Kier alpha value is -4.87. The number of carbonyl (C=O) groups excluding carboxylic acids is 2. The number of likely N-dealkylation sites (N-methyl/N-ethyl adjacent to an activating group) is 2. The van der Waals surface area contributed by atoms with E-state index in [4.69, 9.17) is 6.42 Å². The van der Waals surface area contributed by atoms with Gasteiger partial charge in [0.1, 0.15) is 21.1 Å². The van der Waals surface area contributed by atoms with Crippen LogP contribution >= 0.6 is 11.3 Å². The van der Waals surface area contributed by atoms with Crippen LogP contribution in [0, 0.1) is 29.5 Å². The highest BCUT2D eigenvalue weighted by Gasteiger charge is 2.17. The summed E-state index contributed by atoms with van der Waals surface area (Å²) >= 11 is 1.01. The van der Waals surface area contributed by atoms with E-state index in [1.165, 1.54) is 26.6 Å². The predicted octanol–water partition coefficient (Wildman–Crippen LogP) is 1.44. The van der Waals surface area contributed by atoms with Crippen LogP contribution in [0.2, 0.25) is 0 Å². The van der Waals surface area contributed by atoms with Gasteiger partial charge in [-0.25, -0.2) is 4.39 Å². The maximum atomic E-state index is 14.1. The van der Waals surface area contributed by atoms with Crippen LogP contribution in [-0.2, 0) is 16.1 Å². The molecule has 0 aliphatic carbocycles. The van der Waals surface area contributed by atoms with E-state index in [0.29, 0.717) is 17.1 Å². The Kier molecular flexibility index (Phi) is 9.63. The molecule has 1 heterocycles. The lowest BCUT2D eigenvalue weighted by Gasteiger charge is -2.24. The van der Waals surface area contributed by atoms with Gasteiger partial charge in [-0.1, -0.05) is 24.1 Å². The van der Waals surface area contributed by atoms with E-state index in [1.54, 1.807) is 63.5 Å². The summed E-state index contributed by atoms with van der Waals surface area (Å²) in [5, 5.41) is 15.0. The quantitative estimate of drug-likeness (QED) is 0.393. The third-order valence-electron chi connectivity index (χ3n) is 5.74. The maximum Gasteiger partial charge on any atom is 0.270 e. The SMILES string of the molecule is C#CCNC(=O)C(C#N)=c1sc(=CNc2cccc(N(C)C(=O)CN(C)c3ccccc3F)c2)c(=O)n1CC. The number of benzene rings is 2. The number of nitrogens with zero attached hydrogens (tertiary/aromatic N) is 4. The van der Waals surface area contributed by atoms with Crippen LogP contribution in [0.15, 0.2) is 53.3 Å². The van der Waals surface area contributed by atoms with Crippen molar-refractivity contribution >= 4 is 52.0 Å². The van der Waals surface area contributed by atoms with Crippen molar-refractivity contribution < 1.29 is 14.0 Å². The van der Waals surface area contributed by atoms with Gasteiger partial charge >= 0.3 is 0 Å². The topological polar surface area (TPSA) is 110 Å². The van der Waals surface area contributed by atoms with Gasteiger partial charge in [0.25, 0.3) is 11.5 Å². The van der Waals surface area contributed by atoms with Crippen LogP contribution in [0.4, 0.5) is 21.5 Å². The standard InChI is InChI=1S/C28H27FN6O3S/c1-5-14-31-26(37)21(16-30)28-35(6-2)27(38)24(39-28)17-32-19-10-9-11-20(15-19)34(4)25(36)18-33(3)23-13-8-7-12-22(23)29/h1,7-13,15,17,32H,6,14,18H2,2-4H3,(H,31,37). The lowest BCUT2D eigenvalue weighted by atomic mass is 10.2. The first kappa shape index (κ1) is 28.7. The van der Waals surface area contributed by atoms with E-state index >= 15 is 0 Å². The Bertz CT molecular complexity index is 1650. The average molecular weight is 547 g/mol. The first-order valence-electron chi connectivity index (χ1n) is 11.9. The summed E-state index contributed by atoms with van der Waals surface area (Å²) in [5.74, 6) is 0.955. The molecule has 0 aliphatic heterocycles. The van der Waals surface area contributed by atoms with Gasteiger partial charge in [-0.05, 0) is 37.3 Å². The molecule has 0 radical (unpaired) electrons. The number of nitriles is 1.